The number of alkyl halides is 1. The third kappa shape index (κ3) is 2.63. The molecule has 0 saturated heterocycles. The second-order valence-corrected chi connectivity index (χ2v) is 8.31. The molecule has 0 bridgehead atoms. The van der Waals surface area contributed by atoms with Crippen molar-refractivity contribution >= 4 is 44.9 Å². The second kappa shape index (κ2) is 5.55. The van der Waals surface area contributed by atoms with Crippen LogP contribution in [0, 0.1) is 0 Å². The third-order valence-electron chi connectivity index (χ3n) is 3.60. The van der Waals surface area contributed by atoms with Crippen LogP contribution in [0.2, 0.25) is 0 Å². The lowest BCUT2D eigenvalue weighted by Crippen LogP contribution is -2.37. The molecule has 1 aliphatic heterocycles. The van der Waals surface area contributed by atoms with Crippen molar-refractivity contribution in [2.24, 2.45) is 0 Å². The molecule has 2 atom stereocenters. The fourth-order valence-corrected chi connectivity index (χ4v) is 5.57. The molecule has 0 spiro atoms. The molecule has 3 rings (SSSR count). The van der Waals surface area contributed by atoms with Crippen LogP contribution < -0.4 is 5.32 Å². The van der Waals surface area contributed by atoms with Gasteiger partial charge in [-0.2, -0.15) is 11.8 Å². The lowest BCUT2D eigenvalue weighted by atomic mass is 10.2. The summed E-state index contributed by atoms with van der Waals surface area (Å²) in [7, 11) is 0. The number of rotatable bonds is 2. The molecule has 1 aliphatic carbocycles. The zero-order valence-electron chi connectivity index (χ0n) is 10.1. The molecular weight excluding hydrogens is 330 g/mol. The summed E-state index contributed by atoms with van der Waals surface area (Å²) in [6.07, 6.45) is 4.60. The first-order valence-electron chi connectivity index (χ1n) is 6.38. The average molecular weight is 346 g/mol. The maximum absolute atomic E-state index is 12.2. The number of amides is 1. The first kappa shape index (κ1) is 13.0. The minimum absolute atomic E-state index is 0.121. The predicted octanol–water partition coefficient (Wildman–Crippen LogP) is 3.58. The summed E-state index contributed by atoms with van der Waals surface area (Å²) in [6, 6.07) is 2.41. The first-order chi connectivity index (χ1) is 8.74. The molecule has 2 unspecified atom stereocenters. The van der Waals surface area contributed by atoms with E-state index in [1.165, 1.54) is 29.0 Å². The molecule has 1 fully saturated rings. The van der Waals surface area contributed by atoms with Crippen molar-refractivity contribution in [1.29, 1.82) is 0 Å². The largest absolute Gasteiger partial charge is 0.347 e. The Morgan fingerprint density at radius 3 is 3.06 bits per heavy atom. The van der Waals surface area contributed by atoms with E-state index in [4.69, 9.17) is 0 Å². The molecule has 5 heteroatoms. The van der Waals surface area contributed by atoms with Crippen LogP contribution in [-0.2, 0) is 12.2 Å². The van der Waals surface area contributed by atoms with Gasteiger partial charge in [-0.1, -0.05) is 22.4 Å². The standard InChI is InChI=1S/C13H16BrNOS2/c14-9-2-1-3-10(9)15-13(16)12-6-8-7-17-5-4-11(8)18-12/h6,9-10H,1-5,7H2,(H,15,16). The molecule has 98 valence electrons. The average Bonchev–Trinajstić information content (AvgIpc) is 2.96. The van der Waals surface area contributed by atoms with Crippen molar-refractivity contribution in [3.63, 3.8) is 0 Å². The van der Waals surface area contributed by atoms with E-state index in [0.717, 1.165) is 23.5 Å². The number of hydrogen-bond acceptors (Lipinski definition) is 3. The molecule has 2 aliphatic rings. The highest BCUT2D eigenvalue weighted by molar-refractivity contribution is 9.09. The van der Waals surface area contributed by atoms with Crippen LogP contribution in [0.15, 0.2) is 6.07 Å². The van der Waals surface area contributed by atoms with Crippen molar-refractivity contribution in [2.75, 3.05) is 5.75 Å². The maximum atomic E-state index is 12.2. The zero-order valence-corrected chi connectivity index (χ0v) is 13.3. The van der Waals surface area contributed by atoms with Crippen molar-refractivity contribution in [3.8, 4) is 0 Å². The molecular formula is C13H16BrNOS2. The van der Waals surface area contributed by atoms with Crippen molar-refractivity contribution in [2.45, 2.75) is 42.3 Å². The Balaban J connectivity index is 1.70. The van der Waals surface area contributed by atoms with Gasteiger partial charge in [0.25, 0.3) is 5.91 Å². The lowest BCUT2D eigenvalue weighted by molar-refractivity contribution is 0.0943. The summed E-state index contributed by atoms with van der Waals surface area (Å²) in [5.74, 6) is 2.39. The Morgan fingerprint density at radius 2 is 2.33 bits per heavy atom. The summed E-state index contributed by atoms with van der Waals surface area (Å²) in [5, 5.41) is 3.17. The van der Waals surface area contributed by atoms with Gasteiger partial charge in [0.15, 0.2) is 0 Å². The lowest BCUT2D eigenvalue weighted by Gasteiger charge is -2.15. The topological polar surface area (TPSA) is 29.1 Å². The number of aryl methyl sites for hydroxylation is 1. The number of fused-ring (bicyclic) bond motifs is 1. The maximum Gasteiger partial charge on any atom is 0.261 e. The molecule has 1 aromatic rings. The van der Waals surface area contributed by atoms with E-state index in [1.807, 2.05) is 11.8 Å². The number of thioether (sulfide) groups is 1. The van der Waals surface area contributed by atoms with Crippen molar-refractivity contribution < 1.29 is 4.79 Å². The molecule has 2 nitrogen and oxygen atoms in total. The Labute approximate surface area is 124 Å². The molecule has 0 radical (unpaired) electrons. The molecule has 0 aromatic carbocycles. The number of hydrogen-bond donors (Lipinski definition) is 1. The quantitative estimate of drug-likeness (QED) is 0.830. The highest BCUT2D eigenvalue weighted by atomic mass is 79.9. The van der Waals surface area contributed by atoms with Gasteiger partial charge >= 0.3 is 0 Å². The van der Waals surface area contributed by atoms with Crippen molar-refractivity contribution in [1.82, 2.24) is 5.32 Å². The van der Waals surface area contributed by atoms with Crippen LogP contribution >= 0.6 is 39.0 Å². The van der Waals surface area contributed by atoms with Gasteiger partial charge in [-0.05, 0) is 36.6 Å². The fourth-order valence-electron chi connectivity index (χ4n) is 2.58. The van der Waals surface area contributed by atoms with E-state index in [1.54, 1.807) is 11.3 Å². The van der Waals surface area contributed by atoms with Crippen LogP contribution in [-0.4, -0.2) is 22.5 Å². The molecule has 1 amide bonds. The second-order valence-electron chi connectivity index (χ2n) is 4.89. The number of halogens is 1. The molecule has 1 N–H and O–H groups in total. The zero-order chi connectivity index (χ0) is 12.5. The monoisotopic (exact) mass is 345 g/mol. The van der Waals surface area contributed by atoms with Gasteiger partial charge < -0.3 is 5.32 Å². The van der Waals surface area contributed by atoms with Crippen LogP contribution in [0.4, 0.5) is 0 Å². The van der Waals surface area contributed by atoms with Crippen molar-refractivity contribution in [3.05, 3.63) is 21.4 Å². The summed E-state index contributed by atoms with van der Waals surface area (Å²) in [6.45, 7) is 0. The van der Waals surface area contributed by atoms with Gasteiger partial charge in [0, 0.05) is 21.5 Å². The van der Waals surface area contributed by atoms with Gasteiger partial charge in [-0.3, -0.25) is 4.79 Å². The smallest absolute Gasteiger partial charge is 0.261 e. The Bertz CT molecular complexity index is 436. The van der Waals surface area contributed by atoms with Gasteiger partial charge in [0.1, 0.15) is 0 Å². The summed E-state index contributed by atoms with van der Waals surface area (Å²) in [4.78, 5) is 15.0. The van der Waals surface area contributed by atoms with E-state index >= 15 is 0 Å². The predicted molar refractivity (Wildman–Crippen MR) is 82.0 cm³/mol. The Kier molecular flexibility index (Phi) is 4.01. The first-order valence-corrected chi connectivity index (χ1v) is 9.27. The van der Waals surface area contributed by atoms with Gasteiger partial charge in [0.2, 0.25) is 0 Å². The summed E-state index contributed by atoms with van der Waals surface area (Å²) >= 11 is 7.30. The summed E-state index contributed by atoms with van der Waals surface area (Å²) in [5.41, 5.74) is 1.38. The molecule has 1 aromatic heterocycles. The highest BCUT2D eigenvalue weighted by Crippen LogP contribution is 2.32. The molecule has 2 heterocycles. The van der Waals surface area contributed by atoms with Crippen LogP contribution in [0.25, 0.3) is 0 Å². The number of thiophene rings is 1. The number of carbonyl (C=O) groups excluding carboxylic acids is 1. The Hall–Kier alpha value is -0.000000000000000111. The molecule has 18 heavy (non-hydrogen) atoms. The number of nitrogens with one attached hydrogen (secondary N) is 1. The highest BCUT2D eigenvalue weighted by Gasteiger charge is 2.27. The third-order valence-corrected chi connectivity index (χ3v) is 6.94. The van der Waals surface area contributed by atoms with Crippen LogP contribution in [0.3, 0.4) is 0 Å². The summed E-state index contributed by atoms with van der Waals surface area (Å²) < 4.78 is 0. The van der Waals surface area contributed by atoms with Gasteiger partial charge in [-0.25, -0.2) is 0 Å². The Morgan fingerprint density at radius 1 is 1.44 bits per heavy atom. The SMILES string of the molecule is O=C(NC1CCCC1Br)c1cc2c(s1)CCSC2. The minimum Gasteiger partial charge on any atom is -0.347 e. The normalized spacial score (nSPS) is 26.9. The fraction of sp³-hybridized carbons (Fsp3) is 0.615. The van der Waals surface area contributed by atoms with E-state index in [-0.39, 0.29) is 5.91 Å². The van der Waals surface area contributed by atoms with E-state index in [0.29, 0.717) is 10.9 Å². The number of carbonyl (C=O) groups is 1. The molecule has 1 saturated carbocycles. The van der Waals surface area contributed by atoms with E-state index in [2.05, 4.69) is 27.3 Å². The minimum atomic E-state index is 0.121. The van der Waals surface area contributed by atoms with Gasteiger partial charge in [-0.15, -0.1) is 11.3 Å². The van der Waals surface area contributed by atoms with Crippen LogP contribution in [0.1, 0.15) is 39.4 Å². The van der Waals surface area contributed by atoms with Crippen LogP contribution in [0.5, 0.6) is 0 Å². The van der Waals surface area contributed by atoms with E-state index in [9.17, 15) is 4.79 Å². The van der Waals surface area contributed by atoms with Gasteiger partial charge in [0.05, 0.1) is 4.88 Å². The van der Waals surface area contributed by atoms with E-state index < -0.39 is 0 Å².